The van der Waals surface area contributed by atoms with E-state index in [9.17, 15) is 24.0 Å². The SMILES string of the molecule is CCCCCCCCCC(=O)N[C@@H](Cc1nnc(-c2ccc(C(=O)N3C[C@@H](C(=O)N[C@H]4C[C@@H]4c4ccccc4)[C@H](C(=O)N[C@H]4C[C@@H]4c4ccccc4)C3)cc2)s1)C(=O)NCCCCCC. The summed E-state index contributed by atoms with van der Waals surface area (Å²) in [6.45, 7) is 5.19. The zero-order chi connectivity index (χ0) is 45.5. The Labute approximate surface area is 388 Å². The smallest absolute Gasteiger partial charge is 0.253 e. The number of nitrogens with zero attached hydrogens (tertiary/aromatic N) is 3. The molecule has 0 spiro atoms. The maximum Gasteiger partial charge on any atom is 0.253 e. The van der Waals surface area contributed by atoms with Crippen LogP contribution in [0.4, 0.5) is 0 Å². The number of benzene rings is 3. The molecule has 13 heteroatoms. The molecule has 3 aliphatic rings. The van der Waals surface area contributed by atoms with Gasteiger partial charge in [0.1, 0.15) is 16.1 Å². The normalized spacial score (nSPS) is 21.3. The average Bonchev–Trinajstić information content (AvgIpc) is 4.16. The van der Waals surface area contributed by atoms with Gasteiger partial charge in [-0.1, -0.05) is 156 Å². The molecule has 4 N–H and O–H groups in total. The third-order valence-electron chi connectivity index (χ3n) is 13.2. The average molecular weight is 902 g/mol. The fourth-order valence-corrected chi connectivity index (χ4v) is 9.99. The molecule has 1 aliphatic heterocycles. The van der Waals surface area contributed by atoms with Crippen molar-refractivity contribution < 1.29 is 24.0 Å². The number of carbonyl (C=O) groups is 5. The van der Waals surface area contributed by atoms with Gasteiger partial charge in [0, 0.05) is 67.5 Å². The van der Waals surface area contributed by atoms with Gasteiger partial charge in [-0.15, -0.1) is 10.2 Å². The molecule has 2 aliphatic carbocycles. The van der Waals surface area contributed by atoms with E-state index in [2.05, 4.69) is 69.6 Å². The molecule has 0 unspecified atom stereocenters. The summed E-state index contributed by atoms with van der Waals surface area (Å²) in [6.07, 6.45) is 14.2. The van der Waals surface area contributed by atoms with Crippen molar-refractivity contribution in [2.45, 2.75) is 140 Å². The number of likely N-dealkylation sites (tertiary alicyclic amines) is 1. The standard InChI is InChI=1S/C52H67N7O5S/c1-3-5-7-9-10-11-18-24-46(60)54-45(50(63)53-29-19-8-6-4-2)32-47-57-58-51(65-47)37-25-27-38(28-26-37)52(64)59-33-41(48(61)55-43-30-39(43)35-20-14-12-15-21-35)42(34-59)49(62)56-44-31-40(44)36-22-16-13-17-23-36/h12-17,20-23,25-28,39-45H,3-11,18-19,24,29-34H2,1-2H3,(H,53,63)(H,54,60)(H,55,61)(H,56,62)/t39-,40-,41-,42-,43+,44+,45+/m1/s1. The van der Waals surface area contributed by atoms with E-state index in [0.29, 0.717) is 28.5 Å². The summed E-state index contributed by atoms with van der Waals surface area (Å²) in [7, 11) is 0. The first kappa shape index (κ1) is 47.5. The van der Waals surface area contributed by atoms with Crippen LogP contribution in [0.15, 0.2) is 84.9 Å². The molecule has 3 fully saturated rings. The zero-order valence-electron chi connectivity index (χ0n) is 38.1. The molecule has 7 rings (SSSR count). The van der Waals surface area contributed by atoms with E-state index in [4.69, 9.17) is 0 Å². The summed E-state index contributed by atoms with van der Waals surface area (Å²) in [5.74, 6) is -1.87. The van der Waals surface area contributed by atoms with E-state index in [1.807, 2.05) is 48.5 Å². The highest BCUT2D eigenvalue weighted by Gasteiger charge is 2.49. The van der Waals surface area contributed by atoms with E-state index >= 15 is 0 Å². The first-order chi connectivity index (χ1) is 31.7. The van der Waals surface area contributed by atoms with E-state index in [1.165, 1.54) is 48.1 Å². The van der Waals surface area contributed by atoms with Crippen molar-refractivity contribution in [1.29, 1.82) is 0 Å². The molecule has 7 atom stereocenters. The lowest BCUT2D eigenvalue weighted by atomic mass is 9.94. The number of hydrogen-bond donors (Lipinski definition) is 4. The number of aromatic nitrogens is 2. The minimum Gasteiger partial charge on any atom is -0.354 e. The van der Waals surface area contributed by atoms with Crippen molar-refractivity contribution in [3.8, 4) is 10.6 Å². The van der Waals surface area contributed by atoms with Gasteiger partial charge in [0.25, 0.3) is 5.91 Å². The van der Waals surface area contributed by atoms with Crippen LogP contribution in [0.1, 0.15) is 142 Å². The first-order valence-corrected chi connectivity index (χ1v) is 25.0. The Morgan fingerprint density at radius 2 is 1.20 bits per heavy atom. The second-order valence-electron chi connectivity index (χ2n) is 18.3. The molecule has 4 aromatic rings. The Balaban J connectivity index is 0.968. The summed E-state index contributed by atoms with van der Waals surface area (Å²) < 4.78 is 0. The van der Waals surface area contributed by atoms with Crippen LogP contribution in [0, 0.1) is 11.8 Å². The summed E-state index contributed by atoms with van der Waals surface area (Å²) in [6, 6.07) is 26.6. The van der Waals surface area contributed by atoms with Gasteiger partial charge < -0.3 is 26.2 Å². The second kappa shape index (κ2) is 23.7. The highest BCUT2D eigenvalue weighted by atomic mass is 32.1. The van der Waals surface area contributed by atoms with Gasteiger partial charge in [0.05, 0.1) is 11.8 Å². The fraction of sp³-hybridized carbons (Fsp3) is 0.519. The number of unbranched alkanes of at least 4 members (excludes halogenated alkanes) is 9. The zero-order valence-corrected chi connectivity index (χ0v) is 39.0. The Bertz CT molecular complexity index is 2110. The van der Waals surface area contributed by atoms with Crippen molar-refractivity contribution >= 4 is 40.9 Å². The highest BCUT2D eigenvalue weighted by molar-refractivity contribution is 7.14. The van der Waals surface area contributed by atoms with Crippen LogP contribution in [0.3, 0.4) is 0 Å². The van der Waals surface area contributed by atoms with Crippen LogP contribution < -0.4 is 21.3 Å². The molecule has 1 aromatic heterocycles. The third-order valence-corrected chi connectivity index (χ3v) is 14.2. The van der Waals surface area contributed by atoms with Gasteiger partial charge >= 0.3 is 0 Å². The Morgan fingerprint density at radius 3 is 1.77 bits per heavy atom. The Kier molecular flexibility index (Phi) is 17.3. The summed E-state index contributed by atoms with van der Waals surface area (Å²) in [5, 5.41) is 22.5. The largest absolute Gasteiger partial charge is 0.354 e. The molecule has 3 aromatic carbocycles. The van der Waals surface area contributed by atoms with Crippen LogP contribution in [0.2, 0.25) is 0 Å². The van der Waals surface area contributed by atoms with E-state index in [0.717, 1.165) is 63.4 Å². The molecule has 346 valence electrons. The highest BCUT2D eigenvalue weighted by Crippen LogP contribution is 2.43. The van der Waals surface area contributed by atoms with E-state index in [-0.39, 0.29) is 73.0 Å². The van der Waals surface area contributed by atoms with Crippen LogP contribution in [-0.2, 0) is 25.6 Å². The molecular weight excluding hydrogens is 835 g/mol. The number of carbonyl (C=O) groups excluding carboxylic acids is 5. The van der Waals surface area contributed by atoms with Gasteiger partial charge in [-0.3, -0.25) is 24.0 Å². The molecule has 2 saturated carbocycles. The van der Waals surface area contributed by atoms with Crippen molar-refractivity contribution in [3.63, 3.8) is 0 Å². The lowest BCUT2D eigenvalue weighted by Crippen LogP contribution is -2.48. The maximum absolute atomic E-state index is 14.1. The second-order valence-corrected chi connectivity index (χ2v) is 19.3. The van der Waals surface area contributed by atoms with Crippen molar-refractivity contribution in [3.05, 3.63) is 107 Å². The predicted molar refractivity (Wildman–Crippen MR) is 255 cm³/mol. The first-order valence-electron chi connectivity index (χ1n) is 24.2. The van der Waals surface area contributed by atoms with Crippen molar-refractivity contribution in [1.82, 2.24) is 36.4 Å². The summed E-state index contributed by atoms with van der Waals surface area (Å²) in [5.41, 5.74) is 3.57. The van der Waals surface area contributed by atoms with Gasteiger partial charge in [0.15, 0.2) is 0 Å². The number of hydrogen-bond acceptors (Lipinski definition) is 8. The third kappa shape index (κ3) is 13.6. The minimum atomic E-state index is -0.763. The van der Waals surface area contributed by atoms with Crippen LogP contribution in [0.5, 0.6) is 0 Å². The van der Waals surface area contributed by atoms with Gasteiger partial charge in [-0.2, -0.15) is 0 Å². The van der Waals surface area contributed by atoms with Gasteiger partial charge in [0.2, 0.25) is 23.6 Å². The lowest BCUT2D eigenvalue weighted by Gasteiger charge is -2.18. The lowest BCUT2D eigenvalue weighted by molar-refractivity contribution is -0.133. The van der Waals surface area contributed by atoms with Crippen LogP contribution in [0.25, 0.3) is 10.6 Å². The van der Waals surface area contributed by atoms with E-state index < -0.39 is 17.9 Å². The van der Waals surface area contributed by atoms with Crippen LogP contribution >= 0.6 is 11.3 Å². The molecule has 0 radical (unpaired) electrons. The summed E-state index contributed by atoms with van der Waals surface area (Å²) >= 11 is 1.35. The Hall–Kier alpha value is -5.43. The van der Waals surface area contributed by atoms with Crippen molar-refractivity contribution in [2.75, 3.05) is 19.6 Å². The van der Waals surface area contributed by atoms with E-state index in [1.54, 1.807) is 17.0 Å². The molecule has 0 bridgehead atoms. The van der Waals surface area contributed by atoms with Gasteiger partial charge in [-0.05, 0) is 48.9 Å². The monoisotopic (exact) mass is 901 g/mol. The predicted octanol–water partition coefficient (Wildman–Crippen LogP) is 8.10. The number of rotatable bonds is 25. The van der Waals surface area contributed by atoms with Crippen LogP contribution in [-0.4, -0.2) is 82.4 Å². The quantitative estimate of drug-likeness (QED) is 0.0489. The summed E-state index contributed by atoms with van der Waals surface area (Å²) in [4.78, 5) is 70.0. The molecule has 2 heterocycles. The molecule has 5 amide bonds. The molecule has 1 saturated heterocycles. The fourth-order valence-electron chi connectivity index (χ4n) is 9.10. The number of nitrogens with one attached hydrogen (secondary N) is 4. The topological polar surface area (TPSA) is 162 Å². The molecular formula is C52H67N7O5S. The van der Waals surface area contributed by atoms with Gasteiger partial charge in [-0.25, -0.2) is 0 Å². The minimum absolute atomic E-state index is 0.000465. The molecule has 12 nitrogen and oxygen atoms in total. The maximum atomic E-state index is 14.1. The number of amides is 5. The van der Waals surface area contributed by atoms with Crippen molar-refractivity contribution in [2.24, 2.45) is 11.8 Å². The Morgan fingerprint density at radius 1 is 0.662 bits per heavy atom. The molecule has 65 heavy (non-hydrogen) atoms.